The highest BCUT2D eigenvalue weighted by atomic mass is 16.3. The van der Waals surface area contributed by atoms with E-state index in [1.165, 1.54) is 0 Å². The van der Waals surface area contributed by atoms with E-state index >= 15 is 0 Å². The minimum Gasteiger partial charge on any atom is -0.394 e. The number of carbonyl (C=O) groups excluding carboxylic acids is 2. The number of amides is 2. The van der Waals surface area contributed by atoms with Crippen molar-refractivity contribution < 1.29 is 19.8 Å². The molecule has 0 bridgehead atoms. The van der Waals surface area contributed by atoms with Crippen LogP contribution in [0, 0.1) is 5.92 Å². The van der Waals surface area contributed by atoms with Gasteiger partial charge in [-0.25, -0.2) is 0 Å². The van der Waals surface area contributed by atoms with E-state index in [-0.39, 0.29) is 37.5 Å². The van der Waals surface area contributed by atoms with Gasteiger partial charge in [-0.1, -0.05) is 18.9 Å². The molecule has 1 saturated heterocycles. The minimum atomic E-state index is -0.527. The number of aliphatic hydroxyl groups is 2. The number of rotatable bonds is 8. The lowest BCUT2D eigenvalue weighted by Gasteiger charge is -2.31. The molecule has 0 spiro atoms. The molecule has 0 aromatic carbocycles. The fraction of sp³-hybridized carbons (Fsp3) is 0.778. The molecule has 6 nitrogen and oxygen atoms in total. The number of hydrogen-bond donors (Lipinski definition) is 3. The second kappa shape index (κ2) is 8.62. The Morgan fingerprint density at radius 1 is 1.29 bits per heavy atom. The molecule has 2 rings (SSSR count). The van der Waals surface area contributed by atoms with Gasteiger partial charge in [0, 0.05) is 13.0 Å². The van der Waals surface area contributed by atoms with Crippen LogP contribution in [0.2, 0.25) is 0 Å². The summed E-state index contributed by atoms with van der Waals surface area (Å²) < 4.78 is 0. The van der Waals surface area contributed by atoms with Crippen molar-refractivity contribution in [1.82, 2.24) is 10.2 Å². The number of aliphatic hydroxyl groups excluding tert-OH is 2. The second-order valence-corrected chi connectivity index (χ2v) is 7.13. The summed E-state index contributed by atoms with van der Waals surface area (Å²) in [5.41, 5.74) is -0.527. The summed E-state index contributed by atoms with van der Waals surface area (Å²) in [4.78, 5) is 26.9. The van der Waals surface area contributed by atoms with E-state index in [1.807, 2.05) is 0 Å². The van der Waals surface area contributed by atoms with E-state index in [4.69, 9.17) is 0 Å². The zero-order chi connectivity index (χ0) is 17.6. The van der Waals surface area contributed by atoms with Crippen molar-refractivity contribution in [3.63, 3.8) is 0 Å². The number of nitrogens with zero attached hydrogens (tertiary/aromatic N) is 1. The number of allylic oxidation sites excluding steroid dienone is 1. The molecule has 0 unspecified atom stereocenters. The van der Waals surface area contributed by atoms with Crippen LogP contribution in [0.15, 0.2) is 12.7 Å². The van der Waals surface area contributed by atoms with E-state index < -0.39 is 11.5 Å². The molecule has 2 atom stereocenters. The number of carbonyl (C=O) groups is 2. The maximum Gasteiger partial charge on any atom is 0.224 e. The molecule has 6 heteroatoms. The van der Waals surface area contributed by atoms with Gasteiger partial charge in [-0.05, 0) is 32.1 Å². The van der Waals surface area contributed by atoms with Crippen molar-refractivity contribution >= 4 is 11.8 Å². The van der Waals surface area contributed by atoms with Crippen LogP contribution in [0.4, 0.5) is 0 Å². The Hall–Kier alpha value is -1.40. The third-order valence-corrected chi connectivity index (χ3v) is 5.40. The first-order chi connectivity index (χ1) is 11.5. The topological polar surface area (TPSA) is 89.9 Å². The van der Waals surface area contributed by atoms with Crippen molar-refractivity contribution in [3.05, 3.63) is 12.7 Å². The first-order valence-corrected chi connectivity index (χ1v) is 8.99. The normalized spacial score (nSPS) is 23.9. The van der Waals surface area contributed by atoms with Gasteiger partial charge in [-0.3, -0.25) is 9.59 Å². The average Bonchev–Trinajstić information content (AvgIpc) is 3.23. The summed E-state index contributed by atoms with van der Waals surface area (Å²) in [5.74, 6) is -0.740. The first kappa shape index (κ1) is 18.9. The highest BCUT2D eigenvalue weighted by Crippen LogP contribution is 2.30. The molecule has 0 aromatic heterocycles. The van der Waals surface area contributed by atoms with E-state index in [0.717, 1.165) is 38.5 Å². The lowest BCUT2D eigenvalue weighted by atomic mass is 9.94. The highest BCUT2D eigenvalue weighted by molar-refractivity contribution is 5.86. The minimum absolute atomic E-state index is 0.0301. The van der Waals surface area contributed by atoms with E-state index in [2.05, 4.69) is 11.9 Å². The Morgan fingerprint density at radius 3 is 2.58 bits per heavy atom. The predicted molar refractivity (Wildman–Crippen MR) is 91.2 cm³/mol. The summed E-state index contributed by atoms with van der Waals surface area (Å²) in [6.45, 7) is 4.25. The molecule has 0 radical (unpaired) electrons. The van der Waals surface area contributed by atoms with Crippen LogP contribution in [0.1, 0.15) is 51.4 Å². The van der Waals surface area contributed by atoms with Crippen LogP contribution in [-0.2, 0) is 9.59 Å². The second-order valence-electron chi connectivity index (χ2n) is 7.13. The van der Waals surface area contributed by atoms with Gasteiger partial charge in [0.2, 0.25) is 11.8 Å². The van der Waals surface area contributed by atoms with E-state index in [0.29, 0.717) is 13.0 Å². The summed E-state index contributed by atoms with van der Waals surface area (Å²) >= 11 is 0. The van der Waals surface area contributed by atoms with Gasteiger partial charge in [-0.2, -0.15) is 0 Å². The molecule has 0 aromatic rings. The van der Waals surface area contributed by atoms with Crippen molar-refractivity contribution in [2.75, 3.05) is 19.8 Å². The molecule has 3 N–H and O–H groups in total. The van der Waals surface area contributed by atoms with Crippen LogP contribution < -0.4 is 5.32 Å². The number of hydrogen-bond acceptors (Lipinski definition) is 4. The van der Waals surface area contributed by atoms with Gasteiger partial charge in [0.15, 0.2) is 0 Å². The largest absolute Gasteiger partial charge is 0.394 e. The molecular weight excluding hydrogens is 308 g/mol. The molecular formula is C18H30N2O4. The Balaban J connectivity index is 1.98. The molecule has 136 valence electrons. The van der Waals surface area contributed by atoms with Gasteiger partial charge in [0.1, 0.15) is 0 Å². The lowest BCUT2D eigenvalue weighted by Crippen LogP contribution is -2.51. The summed E-state index contributed by atoms with van der Waals surface area (Å²) in [7, 11) is 0. The molecule has 2 amide bonds. The Bertz CT molecular complexity index is 460. The zero-order valence-corrected chi connectivity index (χ0v) is 14.4. The Labute approximate surface area is 143 Å². The smallest absolute Gasteiger partial charge is 0.224 e. The molecule has 2 fully saturated rings. The first-order valence-electron chi connectivity index (χ1n) is 8.99. The molecule has 24 heavy (non-hydrogen) atoms. The third kappa shape index (κ3) is 4.36. The van der Waals surface area contributed by atoms with Crippen molar-refractivity contribution in [1.29, 1.82) is 0 Å². The number of nitrogens with one attached hydrogen (secondary N) is 1. The average molecular weight is 338 g/mol. The quantitative estimate of drug-likeness (QED) is 0.575. The lowest BCUT2D eigenvalue weighted by molar-refractivity contribution is -0.138. The Kier molecular flexibility index (Phi) is 6.80. The highest BCUT2D eigenvalue weighted by Gasteiger charge is 2.37. The molecule has 2 aliphatic rings. The van der Waals surface area contributed by atoms with Gasteiger partial charge >= 0.3 is 0 Å². The van der Waals surface area contributed by atoms with Crippen LogP contribution in [0.5, 0.6) is 0 Å². The monoisotopic (exact) mass is 338 g/mol. The van der Waals surface area contributed by atoms with Gasteiger partial charge < -0.3 is 20.4 Å². The van der Waals surface area contributed by atoms with Crippen LogP contribution in [0.3, 0.4) is 0 Å². The maximum absolute atomic E-state index is 12.7. The zero-order valence-electron chi connectivity index (χ0n) is 14.4. The SMILES string of the molecule is C=CC[C@H](CC(=O)N1CCC[C@H]1CO)C(=O)NC1(CO)CCCC1. The van der Waals surface area contributed by atoms with Crippen molar-refractivity contribution in [3.8, 4) is 0 Å². The number of likely N-dealkylation sites (tertiary alicyclic amines) is 1. The predicted octanol–water partition coefficient (Wildman–Crippen LogP) is 0.973. The summed E-state index contributed by atoms with van der Waals surface area (Å²) in [6.07, 6.45) is 7.47. The van der Waals surface area contributed by atoms with Crippen LogP contribution in [0.25, 0.3) is 0 Å². The molecule has 1 heterocycles. The van der Waals surface area contributed by atoms with Crippen molar-refractivity contribution in [2.45, 2.75) is 62.9 Å². The van der Waals surface area contributed by atoms with Gasteiger partial charge in [0.25, 0.3) is 0 Å². The third-order valence-electron chi connectivity index (χ3n) is 5.40. The van der Waals surface area contributed by atoms with Crippen molar-refractivity contribution in [2.24, 2.45) is 5.92 Å². The molecule has 1 aliphatic carbocycles. The molecule has 1 saturated carbocycles. The van der Waals surface area contributed by atoms with Crippen LogP contribution in [-0.4, -0.2) is 58.3 Å². The standard InChI is InChI=1S/C18H30N2O4/c1-2-6-14(11-16(23)20-10-5-7-15(20)12-21)17(24)19-18(13-22)8-3-4-9-18/h2,14-15,21-22H,1,3-13H2,(H,19,24)/t14-,15+/m1/s1. The fourth-order valence-corrected chi connectivity index (χ4v) is 3.90. The summed E-state index contributed by atoms with van der Waals surface area (Å²) in [5, 5.41) is 22.0. The van der Waals surface area contributed by atoms with Crippen LogP contribution >= 0.6 is 0 Å². The van der Waals surface area contributed by atoms with Gasteiger partial charge in [-0.15, -0.1) is 6.58 Å². The maximum atomic E-state index is 12.7. The summed E-state index contributed by atoms with van der Waals surface area (Å²) in [6, 6.07) is -0.122. The van der Waals surface area contributed by atoms with Gasteiger partial charge in [0.05, 0.1) is 30.7 Å². The Morgan fingerprint density at radius 2 is 2.00 bits per heavy atom. The van der Waals surface area contributed by atoms with E-state index in [1.54, 1.807) is 11.0 Å². The fourth-order valence-electron chi connectivity index (χ4n) is 3.90. The molecule has 1 aliphatic heterocycles. The van der Waals surface area contributed by atoms with E-state index in [9.17, 15) is 19.8 Å².